The summed E-state index contributed by atoms with van der Waals surface area (Å²) in [4.78, 5) is 15.8. The Hall–Kier alpha value is -3.39. The number of hydrogen-bond donors (Lipinski definition) is 0. The highest BCUT2D eigenvalue weighted by Gasteiger charge is 2.28. The fourth-order valence-electron chi connectivity index (χ4n) is 4.52. The highest BCUT2D eigenvalue weighted by atomic mass is 19.1. The van der Waals surface area contributed by atoms with Crippen molar-refractivity contribution in [3.63, 3.8) is 0 Å². The van der Waals surface area contributed by atoms with Crippen LogP contribution in [0.4, 0.5) is 4.39 Å². The minimum absolute atomic E-state index is 0.259. The average Bonchev–Trinajstić information content (AvgIpc) is 3.54. The van der Waals surface area contributed by atoms with Crippen LogP contribution >= 0.6 is 0 Å². The maximum Gasteiger partial charge on any atom is 0.123 e. The molecule has 0 saturated carbocycles. The molecular formula is C24H26FN7. The predicted molar refractivity (Wildman–Crippen MR) is 120 cm³/mol. The number of nitrogens with zero attached hydrogens (tertiary/aromatic N) is 7. The van der Waals surface area contributed by atoms with Crippen molar-refractivity contribution in [1.82, 2.24) is 34.2 Å². The van der Waals surface area contributed by atoms with Gasteiger partial charge >= 0.3 is 0 Å². The van der Waals surface area contributed by atoms with E-state index in [9.17, 15) is 4.39 Å². The molecule has 8 heteroatoms. The van der Waals surface area contributed by atoms with Gasteiger partial charge in [-0.15, -0.1) is 0 Å². The summed E-state index contributed by atoms with van der Waals surface area (Å²) in [5, 5.41) is 4.48. The number of halogens is 1. The van der Waals surface area contributed by atoms with Gasteiger partial charge < -0.3 is 4.57 Å². The molecule has 7 nitrogen and oxygen atoms in total. The van der Waals surface area contributed by atoms with E-state index in [4.69, 9.17) is 4.98 Å². The summed E-state index contributed by atoms with van der Waals surface area (Å²) in [6.07, 6.45) is 8.20. The lowest BCUT2D eigenvalue weighted by atomic mass is 10.1. The lowest BCUT2D eigenvalue weighted by Gasteiger charge is -2.18. The Labute approximate surface area is 186 Å². The molecule has 1 fully saturated rings. The molecule has 1 aliphatic heterocycles. The fourth-order valence-corrected chi connectivity index (χ4v) is 4.52. The molecule has 1 aliphatic rings. The van der Waals surface area contributed by atoms with Crippen LogP contribution in [-0.2, 0) is 13.1 Å². The summed E-state index contributed by atoms with van der Waals surface area (Å²) < 4.78 is 17.8. The number of hydrogen-bond acceptors (Lipinski definition) is 5. The molecule has 164 valence electrons. The van der Waals surface area contributed by atoms with Gasteiger partial charge in [0.15, 0.2) is 0 Å². The number of aromatic nitrogens is 6. The van der Waals surface area contributed by atoms with Gasteiger partial charge in [-0.25, -0.2) is 19.3 Å². The monoisotopic (exact) mass is 431 g/mol. The van der Waals surface area contributed by atoms with Crippen molar-refractivity contribution in [2.75, 3.05) is 13.1 Å². The molecule has 1 saturated heterocycles. The van der Waals surface area contributed by atoms with Crippen LogP contribution in [0.25, 0.3) is 22.6 Å². The Kier molecular flexibility index (Phi) is 5.53. The quantitative estimate of drug-likeness (QED) is 0.460. The topological polar surface area (TPSA) is 64.7 Å². The van der Waals surface area contributed by atoms with Gasteiger partial charge in [-0.1, -0.05) is 0 Å². The van der Waals surface area contributed by atoms with Crippen LogP contribution in [0.1, 0.15) is 30.6 Å². The zero-order valence-electron chi connectivity index (χ0n) is 18.3. The zero-order valence-corrected chi connectivity index (χ0v) is 18.3. The van der Waals surface area contributed by atoms with Crippen molar-refractivity contribution in [2.24, 2.45) is 0 Å². The minimum atomic E-state index is -0.259. The molecule has 1 unspecified atom stereocenters. The minimum Gasteiger partial charge on any atom is -0.324 e. The van der Waals surface area contributed by atoms with Crippen molar-refractivity contribution in [3.8, 4) is 22.6 Å². The Balaban J connectivity index is 1.45. The first-order chi connectivity index (χ1) is 15.6. The van der Waals surface area contributed by atoms with Gasteiger partial charge in [-0.2, -0.15) is 5.10 Å². The molecule has 1 aromatic carbocycles. The predicted octanol–water partition coefficient (Wildman–Crippen LogP) is 4.12. The molecule has 0 amide bonds. The second kappa shape index (κ2) is 8.63. The summed E-state index contributed by atoms with van der Waals surface area (Å²) >= 11 is 0. The third kappa shape index (κ3) is 3.82. The highest BCUT2D eigenvalue weighted by molar-refractivity contribution is 5.76. The van der Waals surface area contributed by atoms with Gasteiger partial charge in [0.25, 0.3) is 0 Å². The smallest absolute Gasteiger partial charge is 0.123 e. The molecule has 0 aliphatic carbocycles. The fraction of sp³-hybridized carbons (Fsp3) is 0.333. The molecule has 0 radical (unpaired) electrons. The van der Waals surface area contributed by atoms with Crippen LogP contribution in [-0.4, -0.2) is 47.3 Å². The van der Waals surface area contributed by atoms with Crippen molar-refractivity contribution >= 4 is 0 Å². The van der Waals surface area contributed by atoms with Crippen LogP contribution in [0.2, 0.25) is 0 Å². The molecule has 32 heavy (non-hydrogen) atoms. The lowest BCUT2D eigenvalue weighted by Crippen LogP contribution is -2.21. The first-order valence-corrected chi connectivity index (χ1v) is 11.0. The summed E-state index contributed by atoms with van der Waals surface area (Å²) in [6, 6.07) is 8.64. The largest absolute Gasteiger partial charge is 0.324 e. The van der Waals surface area contributed by atoms with Crippen LogP contribution < -0.4 is 0 Å². The van der Waals surface area contributed by atoms with Gasteiger partial charge in [0.1, 0.15) is 12.1 Å². The Morgan fingerprint density at radius 2 is 1.97 bits per heavy atom. The molecular weight excluding hydrogens is 405 g/mol. The number of aryl methyl sites for hydroxylation is 1. The van der Waals surface area contributed by atoms with Gasteiger partial charge in [-0.3, -0.25) is 9.58 Å². The van der Waals surface area contributed by atoms with Crippen molar-refractivity contribution in [1.29, 1.82) is 0 Å². The van der Waals surface area contributed by atoms with E-state index in [0.29, 0.717) is 0 Å². The van der Waals surface area contributed by atoms with E-state index in [1.54, 1.807) is 24.7 Å². The van der Waals surface area contributed by atoms with Crippen molar-refractivity contribution in [2.45, 2.75) is 39.4 Å². The lowest BCUT2D eigenvalue weighted by molar-refractivity contribution is 0.315. The first kappa shape index (κ1) is 20.5. The van der Waals surface area contributed by atoms with Crippen LogP contribution in [0, 0.1) is 12.7 Å². The summed E-state index contributed by atoms with van der Waals surface area (Å²) in [5.74, 6) is -0.259. The summed E-state index contributed by atoms with van der Waals surface area (Å²) in [5.41, 5.74) is 5.95. The molecule has 1 atom stereocenters. The van der Waals surface area contributed by atoms with Gasteiger partial charge in [-0.05, 0) is 50.6 Å². The summed E-state index contributed by atoms with van der Waals surface area (Å²) in [6.45, 7) is 7.96. The van der Waals surface area contributed by atoms with Gasteiger partial charge in [0.2, 0.25) is 0 Å². The van der Waals surface area contributed by atoms with E-state index in [1.165, 1.54) is 23.4 Å². The van der Waals surface area contributed by atoms with E-state index in [-0.39, 0.29) is 11.9 Å². The van der Waals surface area contributed by atoms with E-state index < -0.39 is 0 Å². The molecule has 5 rings (SSSR count). The van der Waals surface area contributed by atoms with Crippen LogP contribution in [0.5, 0.6) is 0 Å². The molecule has 4 aromatic rings. The highest BCUT2D eigenvalue weighted by Crippen LogP contribution is 2.35. The van der Waals surface area contributed by atoms with E-state index >= 15 is 0 Å². The van der Waals surface area contributed by atoms with E-state index in [0.717, 1.165) is 55.2 Å². The number of rotatable bonds is 6. The molecule has 0 spiro atoms. The molecule has 4 heterocycles. The normalized spacial score (nSPS) is 16.7. The number of likely N-dealkylation sites (tertiary alicyclic amines) is 1. The third-order valence-corrected chi connectivity index (χ3v) is 6.28. The van der Waals surface area contributed by atoms with E-state index in [1.807, 2.05) is 23.3 Å². The van der Waals surface area contributed by atoms with Crippen molar-refractivity contribution < 1.29 is 4.39 Å². The first-order valence-electron chi connectivity index (χ1n) is 11.0. The molecule has 3 aromatic heterocycles. The average molecular weight is 432 g/mol. The second-order valence-corrected chi connectivity index (χ2v) is 8.20. The molecule has 0 bridgehead atoms. The zero-order chi connectivity index (χ0) is 22.1. The van der Waals surface area contributed by atoms with Gasteiger partial charge in [0.05, 0.1) is 29.6 Å². The maximum atomic E-state index is 13.5. The standard InChI is InChI=1S/C24H26FN7/c1-3-32-17(2)19(12-29-32)13-30-11-9-21(14-30)31-16-28-23(18-4-6-20(25)7-5-18)24(31)22-8-10-26-15-27-22/h4-8,10,12,15-16,21H,3,9,11,13-14H2,1-2H3. The maximum absolute atomic E-state index is 13.5. The van der Waals surface area contributed by atoms with Crippen LogP contribution in [0.15, 0.2) is 55.4 Å². The van der Waals surface area contributed by atoms with Gasteiger partial charge in [0, 0.05) is 55.2 Å². The van der Waals surface area contributed by atoms with Crippen LogP contribution in [0.3, 0.4) is 0 Å². The summed E-state index contributed by atoms with van der Waals surface area (Å²) in [7, 11) is 0. The number of benzene rings is 1. The van der Waals surface area contributed by atoms with Crippen molar-refractivity contribution in [3.05, 3.63) is 72.5 Å². The molecule has 0 N–H and O–H groups in total. The SMILES string of the molecule is CCn1ncc(CN2CCC(n3cnc(-c4ccc(F)cc4)c3-c3ccncn3)C2)c1C. The Bertz CT molecular complexity index is 1200. The Morgan fingerprint density at radius 3 is 2.69 bits per heavy atom. The Morgan fingerprint density at radius 1 is 1.12 bits per heavy atom. The van der Waals surface area contributed by atoms with E-state index in [2.05, 4.69) is 38.4 Å². The second-order valence-electron chi connectivity index (χ2n) is 8.20. The number of imidazole rings is 1. The third-order valence-electron chi connectivity index (χ3n) is 6.28.